The monoisotopic (exact) mass is 529 g/mol. The van der Waals surface area contributed by atoms with Crippen LogP contribution in [0.15, 0.2) is 47.5 Å². The molecule has 1 atom stereocenters. The number of ether oxygens (including phenoxy) is 4. The molecule has 0 aliphatic heterocycles. The predicted octanol–water partition coefficient (Wildman–Crippen LogP) is 3.51. The third-order valence-electron chi connectivity index (χ3n) is 4.33. The van der Waals surface area contributed by atoms with E-state index < -0.39 is 0 Å². The molecule has 7 nitrogen and oxygen atoms in total. The van der Waals surface area contributed by atoms with Crippen LogP contribution in [0.3, 0.4) is 0 Å². The van der Waals surface area contributed by atoms with Gasteiger partial charge in [0.25, 0.3) is 0 Å². The molecule has 2 N–H and O–H groups in total. The van der Waals surface area contributed by atoms with Gasteiger partial charge in [-0.3, -0.25) is 4.99 Å². The summed E-state index contributed by atoms with van der Waals surface area (Å²) in [5.74, 6) is 3.62. The van der Waals surface area contributed by atoms with Crippen LogP contribution in [-0.4, -0.2) is 53.5 Å². The molecule has 0 spiro atoms. The number of hydrogen-bond acceptors (Lipinski definition) is 5. The lowest BCUT2D eigenvalue weighted by molar-refractivity contribution is 0.213. The minimum absolute atomic E-state index is 0. The molecule has 0 bridgehead atoms. The van der Waals surface area contributed by atoms with Crippen molar-refractivity contribution in [2.24, 2.45) is 4.99 Å². The zero-order valence-electron chi connectivity index (χ0n) is 18.2. The molecular formula is C22H32IN3O4. The number of guanidine groups is 1. The Morgan fingerprint density at radius 2 is 1.53 bits per heavy atom. The average Bonchev–Trinajstić information content (AvgIpc) is 2.76. The van der Waals surface area contributed by atoms with Gasteiger partial charge in [-0.05, 0) is 43.2 Å². The van der Waals surface area contributed by atoms with Gasteiger partial charge in [-0.15, -0.1) is 24.0 Å². The Kier molecular flexibility index (Phi) is 11.8. The highest BCUT2D eigenvalue weighted by atomic mass is 127. The lowest BCUT2D eigenvalue weighted by Crippen LogP contribution is -2.42. The molecule has 8 heteroatoms. The Bertz CT molecular complexity index is 802. The molecule has 2 rings (SSSR count). The van der Waals surface area contributed by atoms with Crippen molar-refractivity contribution >= 4 is 29.9 Å². The van der Waals surface area contributed by atoms with E-state index in [2.05, 4.69) is 15.6 Å². The molecule has 0 saturated heterocycles. The van der Waals surface area contributed by atoms with E-state index in [4.69, 9.17) is 18.9 Å². The Hall–Kier alpha value is -2.36. The summed E-state index contributed by atoms with van der Waals surface area (Å²) in [7, 11) is 6.65. The standard InChI is InChI=1S/C22H31N3O4.HI/c1-16(29-20-9-7-6-8-18(20)26-3)15-25-22(23-2)24-13-12-17-10-11-19(27-4)21(14-17)28-5;/h6-11,14,16H,12-13,15H2,1-5H3,(H2,23,24,25);1H. The number of nitrogens with zero attached hydrogens (tertiary/aromatic N) is 1. The van der Waals surface area contributed by atoms with Crippen molar-refractivity contribution in [2.75, 3.05) is 41.5 Å². The Balaban J connectivity index is 0.00000450. The number of rotatable bonds is 10. The van der Waals surface area contributed by atoms with Crippen LogP contribution in [0.1, 0.15) is 12.5 Å². The summed E-state index contributed by atoms with van der Waals surface area (Å²) < 4.78 is 21.9. The first-order chi connectivity index (χ1) is 14.1. The summed E-state index contributed by atoms with van der Waals surface area (Å²) in [4.78, 5) is 4.26. The van der Waals surface area contributed by atoms with Gasteiger partial charge in [0.05, 0.1) is 27.9 Å². The first-order valence-corrected chi connectivity index (χ1v) is 9.56. The summed E-state index contributed by atoms with van der Waals surface area (Å²) in [5, 5.41) is 6.59. The molecule has 0 aromatic heterocycles. The lowest BCUT2D eigenvalue weighted by atomic mass is 10.1. The smallest absolute Gasteiger partial charge is 0.191 e. The van der Waals surface area contributed by atoms with Gasteiger partial charge in [-0.2, -0.15) is 0 Å². The Morgan fingerprint density at radius 3 is 2.17 bits per heavy atom. The topological polar surface area (TPSA) is 73.3 Å². The summed E-state index contributed by atoms with van der Waals surface area (Å²) in [6.45, 7) is 3.33. The van der Waals surface area contributed by atoms with E-state index in [9.17, 15) is 0 Å². The maximum atomic E-state index is 5.96. The van der Waals surface area contributed by atoms with Crippen molar-refractivity contribution < 1.29 is 18.9 Å². The van der Waals surface area contributed by atoms with Crippen molar-refractivity contribution in [3.63, 3.8) is 0 Å². The average molecular weight is 529 g/mol. The van der Waals surface area contributed by atoms with Crippen LogP contribution in [-0.2, 0) is 6.42 Å². The van der Waals surface area contributed by atoms with Crippen LogP contribution < -0.4 is 29.6 Å². The highest BCUT2D eigenvalue weighted by molar-refractivity contribution is 14.0. The number of halogens is 1. The van der Waals surface area contributed by atoms with Gasteiger partial charge in [0.15, 0.2) is 29.0 Å². The third kappa shape index (κ3) is 7.81. The van der Waals surface area contributed by atoms with Gasteiger partial charge in [-0.1, -0.05) is 18.2 Å². The van der Waals surface area contributed by atoms with Crippen LogP contribution in [0, 0.1) is 0 Å². The molecule has 0 saturated carbocycles. The Labute approximate surface area is 196 Å². The molecule has 0 fully saturated rings. The van der Waals surface area contributed by atoms with E-state index >= 15 is 0 Å². The van der Waals surface area contributed by atoms with E-state index in [1.165, 1.54) is 0 Å². The van der Waals surface area contributed by atoms with Crippen molar-refractivity contribution in [3.05, 3.63) is 48.0 Å². The minimum Gasteiger partial charge on any atom is -0.493 e. The fourth-order valence-electron chi connectivity index (χ4n) is 2.80. The van der Waals surface area contributed by atoms with Gasteiger partial charge in [0.1, 0.15) is 6.10 Å². The molecule has 0 aliphatic rings. The third-order valence-corrected chi connectivity index (χ3v) is 4.33. The lowest BCUT2D eigenvalue weighted by Gasteiger charge is -2.19. The summed E-state index contributed by atoms with van der Waals surface area (Å²) >= 11 is 0. The number of benzene rings is 2. The molecular weight excluding hydrogens is 497 g/mol. The molecule has 1 unspecified atom stereocenters. The van der Waals surface area contributed by atoms with E-state index in [-0.39, 0.29) is 30.1 Å². The number of aliphatic imine (C=N–C) groups is 1. The van der Waals surface area contributed by atoms with Crippen molar-refractivity contribution in [3.8, 4) is 23.0 Å². The first-order valence-electron chi connectivity index (χ1n) is 9.56. The van der Waals surface area contributed by atoms with Crippen LogP contribution in [0.2, 0.25) is 0 Å². The second kappa shape index (κ2) is 13.8. The number of nitrogens with one attached hydrogen (secondary N) is 2. The van der Waals surface area contributed by atoms with E-state index in [0.717, 1.165) is 47.5 Å². The van der Waals surface area contributed by atoms with Crippen molar-refractivity contribution in [1.82, 2.24) is 10.6 Å². The number of methoxy groups -OCH3 is 3. The van der Waals surface area contributed by atoms with Crippen molar-refractivity contribution in [2.45, 2.75) is 19.4 Å². The molecule has 2 aromatic carbocycles. The zero-order valence-corrected chi connectivity index (χ0v) is 20.6. The highest BCUT2D eigenvalue weighted by Crippen LogP contribution is 2.28. The quantitative estimate of drug-likeness (QED) is 0.279. The van der Waals surface area contributed by atoms with Crippen LogP contribution >= 0.6 is 24.0 Å². The molecule has 2 aromatic rings. The SMILES string of the molecule is CN=C(NCCc1ccc(OC)c(OC)c1)NCC(C)Oc1ccccc1OC.I. The minimum atomic E-state index is -0.0595. The molecule has 30 heavy (non-hydrogen) atoms. The van der Waals surface area contributed by atoms with Gasteiger partial charge in [0, 0.05) is 13.6 Å². The van der Waals surface area contributed by atoms with Crippen LogP contribution in [0.5, 0.6) is 23.0 Å². The first kappa shape index (κ1) is 25.7. The maximum Gasteiger partial charge on any atom is 0.191 e. The second-order valence-corrected chi connectivity index (χ2v) is 6.40. The van der Waals surface area contributed by atoms with Gasteiger partial charge >= 0.3 is 0 Å². The largest absolute Gasteiger partial charge is 0.493 e. The number of para-hydroxylation sites is 2. The molecule has 0 radical (unpaired) electrons. The van der Waals surface area contributed by atoms with Crippen LogP contribution in [0.25, 0.3) is 0 Å². The molecule has 0 amide bonds. The molecule has 0 aliphatic carbocycles. The van der Waals surface area contributed by atoms with E-state index in [1.54, 1.807) is 28.4 Å². The fraction of sp³-hybridized carbons (Fsp3) is 0.409. The van der Waals surface area contributed by atoms with E-state index in [0.29, 0.717) is 6.54 Å². The fourth-order valence-corrected chi connectivity index (χ4v) is 2.80. The zero-order chi connectivity index (χ0) is 21.1. The second-order valence-electron chi connectivity index (χ2n) is 6.40. The van der Waals surface area contributed by atoms with Crippen LogP contribution in [0.4, 0.5) is 0 Å². The van der Waals surface area contributed by atoms with Gasteiger partial charge < -0.3 is 29.6 Å². The summed E-state index contributed by atoms with van der Waals surface area (Å²) in [6.07, 6.45) is 0.768. The molecule has 0 heterocycles. The van der Waals surface area contributed by atoms with Gasteiger partial charge in [0.2, 0.25) is 0 Å². The highest BCUT2D eigenvalue weighted by Gasteiger charge is 2.10. The summed E-state index contributed by atoms with van der Waals surface area (Å²) in [5.41, 5.74) is 1.15. The number of hydrogen-bond donors (Lipinski definition) is 2. The predicted molar refractivity (Wildman–Crippen MR) is 131 cm³/mol. The van der Waals surface area contributed by atoms with E-state index in [1.807, 2.05) is 49.4 Å². The maximum absolute atomic E-state index is 5.96. The Morgan fingerprint density at radius 1 is 0.900 bits per heavy atom. The normalized spacial score (nSPS) is 11.7. The van der Waals surface area contributed by atoms with Crippen molar-refractivity contribution in [1.29, 1.82) is 0 Å². The van der Waals surface area contributed by atoms with Gasteiger partial charge in [-0.25, -0.2) is 0 Å². The molecule has 166 valence electrons. The summed E-state index contributed by atoms with van der Waals surface area (Å²) in [6, 6.07) is 13.5.